The van der Waals surface area contributed by atoms with E-state index in [4.69, 9.17) is 11.6 Å². The van der Waals surface area contributed by atoms with Crippen molar-refractivity contribution in [3.63, 3.8) is 0 Å². The molecule has 0 aliphatic carbocycles. The van der Waals surface area contributed by atoms with Gasteiger partial charge in [0, 0.05) is 12.1 Å². The Morgan fingerprint density at radius 2 is 1.78 bits per heavy atom. The Balaban J connectivity index is 1.98. The van der Waals surface area contributed by atoms with E-state index in [9.17, 15) is 9.59 Å². The summed E-state index contributed by atoms with van der Waals surface area (Å²) in [5, 5.41) is 6.26. The van der Waals surface area contributed by atoms with Gasteiger partial charge in [0.1, 0.15) is 6.04 Å². The van der Waals surface area contributed by atoms with Crippen molar-refractivity contribution in [2.75, 3.05) is 19.6 Å². The van der Waals surface area contributed by atoms with Crippen LogP contribution < -0.4 is 10.6 Å². The summed E-state index contributed by atoms with van der Waals surface area (Å²) >= 11 is 6.10. The van der Waals surface area contributed by atoms with Crippen LogP contribution in [0.4, 0.5) is 0 Å². The summed E-state index contributed by atoms with van der Waals surface area (Å²) in [5.74, 6) is -0.519. The molecule has 1 heterocycles. The van der Waals surface area contributed by atoms with E-state index in [-0.39, 0.29) is 23.3 Å². The summed E-state index contributed by atoms with van der Waals surface area (Å²) in [5.41, 5.74) is 0.274. The minimum Gasteiger partial charge on any atom is -0.352 e. The zero-order valence-electron chi connectivity index (χ0n) is 16.8. The minimum absolute atomic E-state index is 0.0328. The lowest BCUT2D eigenvalue weighted by atomic mass is 9.97. The van der Waals surface area contributed by atoms with Crippen molar-refractivity contribution in [1.82, 2.24) is 15.5 Å². The molecule has 1 saturated heterocycles. The number of carbonyl (C=O) groups is 2. The van der Waals surface area contributed by atoms with Gasteiger partial charge in [-0.05, 0) is 57.8 Å². The van der Waals surface area contributed by atoms with E-state index in [0.717, 1.165) is 13.1 Å². The number of halogens is 1. The summed E-state index contributed by atoms with van der Waals surface area (Å²) in [4.78, 5) is 27.8. The Hall–Kier alpha value is -1.59. The van der Waals surface area contributed by atoms with Crippen molar-refractivity contribution >= 4 is 23.4 Å². The molecule has 0 saturated carbocycles. The summed E-state index contributed by atoms with van der Waals surface area (Å²) < 4.78 is 0. The lowest BCUT2D eigenvalue weighted by molar-refractivity contribution is -0.124. The number of piperidine rings is 1. The molecule has 0 bridgehead atoms. The van der Waals surface area contributed by atoms with E-state index in [0.29, 0.717) is 17.1 Å². The van der Waals surface area contributed by atoms with Gasteiger partial charge in [0.25, 0.3) is 5.91 Å². The number of benzene rings is 1. The number of hydrogen-bond donors (Lipinski definition) is 2. The van der Waals surface area contributed by atoms with E-state index < -0.39 is 6.04 Å². The van der Waals surface area contributed by atoms with Gasteiger partial charge in [0.15, 0.2) is 0 Å². The molecule has 0 spiro atoms. The maximum absolute atomic E-state index is 12.8. The first-order valence-electron chi connectivity index (χ1n) is 9.80. The molecule has 27 heavy (non-hydrogen) atoms. The molecule has 1 aromatic carbocycles. The SMILES string of the molecule is CC(C)C(NC(=O)c1ccccc1Cl)C(=O)NCC(C)(C)N1CCCCC1. The van der Waals surface area contributed by atoms with Crippen molar-refractivity contribution < 1.29 is 9.59 Å². The van der Waals surface area contributed by atoms with Gasteiger partial charge >= 0.3 is 0 Å². The molecule has 0 radical (unpaired) electrons. The molecule has 1 aliphatic rings. The Kier molecular flexibility index (Phi) is 7.68. The van der Waals surface area contributed by atoms with Gasteiger partial charge in [-0.2, -0.15) is 0 Å². The number of nitrogens with one attached hydrogen (secondary N) is 2. The summed E-state index contributed by atoms with van der Waals surface area (Å²) in [7, 11) is 0. The van der Waals surface area contributed by atoms with Crippen LogP contribution >= 0.6 is 11.6 Å². The van der Waals surface area contributed by atoms with Crippen LogP contribution in [0.3, 0.4) is 0 Å². The molecule has 2 rings (SSSR count). The largest absolute Gasteiger partial charge is 0.352 e. The predicted molar refractivity (Wildman–Crippen MR) is 110 cm³/mol. The molecule has 6 heteroatoms. The highest BCUT2D eigenvalue weighted by atomic mass is 35.5. The first-order valence-corrected chi connectivity index (χ1v) is 10.2. The molecule has 2 N–H and O–H groups in total. The summed E-state index contributed by atoms with van der Waals surface area (Å²) in [6.45, 7) is 10.9. The third kappa shape index (κ3) is 5.94. The molecular weight excluding hydrogens is 362 g/mol. The van der Waals surface area contributed by atoms with Crippen LogP contribution in [0.1, 0.15) is 57.3 Å². The highest BCUT2D eigenvalue weighted by molar-refractivity contribution is 6.33. The number of hydrogen-bond acceptors (Lipinski definition) is 3. The lowest BCUT2D eigenvalue weighted by Crippen LogP contribution is -2.57. The third-order valence-corrected chi connectivity index (χ3v) is 5.59. The van der Waals surface area contributed by atoms with E-state index >= 15 is 0 Å². The number of carbonyl (C=O) groups excluding carboxylic acids is 2. The highest BCUT2D eigenvalue weighted by Crippen LogP contribution is 2.20. The molecule has 1 unspecified atom stereocenters. The fourth-order valence-electron chi connectivity index (χ4n) is 3.42. The lowest BCUT2D eigenvalue weighted by Gasteiger charge is -2.41. The molecule has 5 nitrogen and oxygen atoms in total. The van der Waals surface area contributed by atoms with Gasteiger partial charge in [0.2, 0.25) is 5.91 Å². The second-order valence-electron chi connectivity index (χ2n) is 8.25. The quantitative estimate of drug-likeness (QED) is 0.745. The van der Waals surface area contributed by atoms with Crippen LogP contribution in [-0.2, 0) is 4.79 Å². The van der Waals surface area contributed by atoms with Gasteiger partial charge in [-0.25, -0.2) is 0 Å². The van der Waals surface area contributed by atoms with Gasteiger partial charge in [-0.1, -0.05) is 44.0 Å². The first-order chi connectivity index (χ1) is 12.7. The van der Waals surface area contributed by atoms with E-state index in [1.54, 1.807) is 24.3 Å². The molecule has 1 aromatic rings. The molecule has 1 atom stereocenters. The molecule has 0 aromatic heterocycles. The second kappa shape index (κ2) is 9.56. The monoisotopic (exact) mass is 393 g/mol. The maximum Gasteiger partial charge on any atom is 0.253 e. The van der Waals surface area contributed by atoms with Gasteiger partial charge in [-0.15, -0.1) is 0 Å². The number of nitrogens with zero attached hydrogens (tertiary/aromatic N) is 1. The standard InChI is InChI=1S/C21H32ClN3O2/c1-15(2)18(24-19(26)16-10-6-7-11-17(16)22)20(27)23-14-21(3,4)25-12-8-5-9-13-25/h6-7,10-11,15,18H,5,8-9,12-14H2,1-4H3,(H,23,27)(H,24,26). The molecule has 2 amide bonds. The Morgan fingerprint density at radius 1 is 1.15 bits per heavy atom. The molecule has 1 fully saturated rings. The van der Waals surface area contributed by atoms with Gasteiger partial charge < -0.3 is 10.6 Å². The molecule has 150 valence electrons. The number of rotatable bonds is 7. The number of amides is 2. The van der Waals surface area contributed by atoms with Crippen LogP contribution in [0.25, 0.3) is 0 Å². The summed E-state index contributed by atoms with van der Waals surface area (Å²) in [6.07, 6.45) is 3.70. The van der Waals surface area contributed by atoms with Crippen LogP contribution in [0.5, 0.6) is 0 Å². The number of likely N-dealkylation sites (tertiary alicyclic amines) is 1. The Bertz CT molecular complexity index is 655. The minimum atomic E-state index is -0.606. The second-order valence-corrected chi connectivity index (χ2v) is 8.66. The van der Waals surface area contributed by atoms with E-state index in [2.05, 4.69) is 29.4 Å². The fourth-order valence-corrected chi connectivity index (χ4v) is 3.65. The van der Waals surface area contributed by atoms with Gasteiger partial charge in [0.05, 0.1) is 10.6 Å². The molecule has 1 aliphatic heterocycles. The predicted octanol–water partition coefficient (Wildman–Crippen LogP) is 3.48. The molecular formula is C21H32ClN3O2. The smallest absolute Gasteiger partial charge is 0.253 e. The zero-order valence-corrected chi connectivity index (χ0v) is 17.6. The average molecular weight is 394 g/mol. The van der Waals surface area contributed by atoms with E-state index in [1.165, 1.54) is 19.3 Å². The van der Waals surface area contributed by atoms with Gasteiger partial charge in [-0.3, -0.25) is 14.5 Å². The van der Waals surface area contributed by atoms with Crippen molar-refractivity contribution in [1.29, 1.82) is 0 Å². The van der Waals surface area contributed by atoms with Crippen LogP contribution in [0, 0.1) is 5.92 Å². The zero-order chi connectivity index (χ0) is 20.0. The topological polar surface area (TPSA) is 61.4 Å². The third-order valence-electron chi connectivity index (χ3n) is 5.26. The highest BCUT2D eigenvalue weighted by Gasteiger charge is 2.31. The van der Waals surface area contributed by atoms with Crippen LogP contribution in [0.15, 0.2) is 24.3 Å². The fraction of sp³-hybridized carbons (Fsp3) is 0.619. The van der Waals surface area contributed by atoms with Crippen LogP contribution in [0.2, 0.25) is 5.02 Å². The average Bonchev–Trinajstić information content (AvgIpc) is 2.65. The Morgan fingerprint density at radius 3 is 2.37 bits per heavy atom. The van der Waals surface area contributed by atoms with E-state index in [1.807, 2.05) is 13.8 Å². The normalized spacial score (nSPS) is 16.8. The van der Waals surface area contributed by atoms with Crippen molar-refractivity contribution in [2.45, 2.75) is 58.5 Å². The van der Waals surface area contributed by atoms with Crippen molar-refractivity contribution in [2.24, 2.45) is 5.92 Å². The van der Waals surface area contributed by atoms with Crippen LogP contribution in [-0.4, -0.2) is 47.9 Å². The van der Waals surface area contributed by atoms with Crippen molar-refractivity contribution in [3.8, 4) is 0 Å². The summed E-state index contributed by atoms with van der Waals surface area (Å²) in [6, 6.07) is 6.25. The Labute approximate surface area is 167 Å². The first kappa shape index (κ1) is 21.7. The van der Waals surface area contributed by atoms with Crippen molar-refractivity contribution in [3.05, 3.63) is 34.9 Å². The maximum atomic E-state index is 12.8.